The number of hydrogen-bond acceptors (Lipinski definition) is 6. The molecule has 0 unspecified atom stereocenters. The molecule has 0 aliphatic heterocycles. The maximum Gasteiger partial charge on any atom is 0.277 e. The first-order valence-corrected chi connectivity index (χ1v) is 10.1. The van der Waals surface area contributed by atoms with Gasteiger partial charge in [-0.15, -0.1) is 10.2 Å². The minimum atomic E-state index is 0.423. The molecular weight excluding hydrogens is 384 g/mol. The van der Waals surface area contributed by atoms with Crippen LogP contribution < -0.4 is 9.47 Å². The van der Waals surface area contributed by atoms with Gasteiger partial charge in [0.25, 0.3) is 11.1 Å². The third-order valence-electron chi connectivity index (χ3n) is 4.47. The van der Waals surface area contributed by atoms with Gasteiger partial charge in [0.1, 0.15) is 11.5 Å². The molecule has 1 heterocycles. The van der Waals surface area contributed by atoms with Crippen LogP contribution in [0.4, 0.5) is 0 Å². The molecule has 0 saturated carbocycles. The Morgan fingerprint density at radius 1 is 0.828 bits per heavy atom. The predicted octanol–water partition coefficient (Wildman–Crippen LogP) is 5.71. The molecule has 0 radical (unpaired) electrons. The van der Waals surface area contributed by atoms with Crippen LogP contribution in [0.1, 0.15) is 5.56 Å². The Balaban J connectivity index is 1.44. The smallest absolute Gasteiger partial charge is 0.277 e. The van der Waals surface area contributed by atoms with Crippen molar-refractivity contribution in [2.24, 2.45) is 0 Å². The molecule has 0 spiro atoms. The molecule has 0 aliphatic carbocycles. The van der Waals surface area contributed by atoms with Gasteiger partial charge in [-0.1, -0.05) is 66.4 Å². The van der Waals surface area contributed by atoms with Gasteiger partial charge >= 0.3 is 0 Å². The van der Waals surface area contributed by atoms with Gasteiger partial charge in [0.05, 0.1) is 19.8 Å². The summed E-state index contributed by atoms with van der Waals surface area (Å²) in [5.74, 6) is 2.50. The SMILES string of the molecule is COc1ccc(-c2nnc(SCc3ccc(-c4ccccc4)cc3)o2)c(OC)c1. The highest BCUT2D eigenvalue weighted by molar-refractivity contribution is 7.98. The summed E-state index contributed by atoms with van der Waals surface area (Å²) < 4.78 is 16.5. The molecule has 0 saturated heterocycles. The van der Waals surface area contributed by atoms with Crippen molar-refractivity contribution in [2.45, 2.75) is 11.0 Å². The van der Waals surface area contributed by atoms with E-state index in [1.54, 1.807) is 20.3 Å². The van der Waals surface area contributed by atoms with E-state index in [4.69, 9.17) is 13.9 Å². The molecule has 0 bridgehead atoms. The Morgan fingerprint density at radius 3 is 2.31 bits per heavy atom. The largest absolute Gasteiger partial charge is 0.497 e. The molecule has 146 valence electrons. The zero-order valence-electron chi connectivity index (χ0n) is 16.2. The summed E-state index contributed by atoms with van der Waals surface area (Å²) in [6.45, 7) is 0. The van der Waals surface area contributed by atoms with Crippen molar-refractivity contribution in [3.05, 3.63) is 78.4 Å². The van der Waals surface area contributed by atoms with Crippen LogP contribution in [0.15, 0.2) is 82.4 Å². The second-order valence-corrected chi connectivity index (χ2v) is 7.22. The van der Waals surface area contributed by atoms with E-state index < -0.39 is 0 Å². The van der Waals surface area contributed by atoms with Crippen LogP contribution >= 0.6 is 11.8 Å². The van der Waals surface area contributed by atoms with Gasteiger partial charge < -0.3 is 13.9 Å². The van der Waals surface area contributed by atoms with Crippen molar-refractivity contribution >= 4 is 11.8 Å². The fraction of sp³-hybridized carbons (Fsp3) is 0.130. The maximum absolute atomic E-state index is 5.82. The number of nitrogens with zero attached hydrogens (tertiary/aromatic N) is 2. The van der Waals surface area contributed by atoms with Gasteiger partial charge in [-0.25, -0.2) is 0 Å². The van der Waals surface area contributed by atoms with Crippen LogP contribution in [-0.2, 0) is 5.75 Å². The van der Waals surface area contributed by atoms with Gasteiger partial charge in [-0.05, 0) is 28.8 Å². The van der Waals surface area contributed by atoms with Gasteiger partial charge in [-0.3, -0.25) is 0 Å². The van der Waals surface area contributed by atoms with E-state index in [2.05, 4.69) is 46.6 Å². The minimum absolute atomic E-state index is 0.423. The molecule has 5 nitrogen and oxygen atoms in total. The first kappa shape index (κ1) is 19.1. The van der Waals surface area contributed by atoms with Gasteiger partial charge in [0, 0.05) is 11.8 Å². The Morgan fingerprint density at radius 2 is 1.59 bits per heavy atom. The molecule has 0 amide bonds. The normalized spacial score (nSPS) is 10.7. The number of methoxy groups -OCH3 is 2. The van der Waals surface area contributed by atoms with E-state index in [9.17, 15) is 0 Å². The van der Waals surface area contributed by atoms with Crippen LogP contribution in [-0.4, -0.2) is 24.4 Å². The zero-order valence-corrected chi connectivity index (χ0v) is 17.0. The lowest BCUT2D eigenvalue weighted by Gasteiger charge is -2.07. The van der Waals surface area contributed by atoms with E-state index in [0.29, 0.717) is 22.6 Å². The second kappa shape index (κ2) is 8.84. The van der Waals surface area contributed by atoms with Crippen LogP contribution in [0.25, 0.3) is 22.6 Å². The standard InChI is InChI=1S/C23H20N2O3S/c1-26-19-12-13-20(21(14-19)27-2)22-24-25-23(28-22)29-15-16-8-10-18(11-9-16)17-6-4-3-5-7-17/h3-14H,15H2,1-2H3. The third kappa shape index (κ3) is 4.43. The second-order valence-electron chi connectivity index (χ2n) is 6.29. The Hall–Kier alpha value is -3.25. The fourth-order valence-electron chi connectivity index (χ4n) is 2.92. The summed E-state index contributed by atoms with van der Waals surface area (Å²) in [5, 5.41) is 8.83. The average molecular weight is 404 g/mol. The first-order valence-electron chi connectivity index (χ1n) is 9.10. The lowest BCUT2D eigenvalue weighted by atomic mass is 10.0. The number of aromatic nitrogens is 2. The highest BCUT2D eigenvalue weighted by atomic mass is 32.2. The van der Waals surface area contributed by atoms with E-state index in [1.807, 2.05) is 30.3 Å². The zero-order chi connectivity index (χ0) is 20.1. The number of hydrogen-bond donors (Lipinski definition) is 0. The first-order chi connectivity index (χ1) is 14.3. The van der Waals surface area contributed by atoms with Crippen molar-refractivity contribution in [1.29, 1.82) is 0 Å². The van der Waals surface area contributed by atoms with Crippen molar-refractivity contribution in [3.8, 4) is 34.1 Å². The lowest BCUT2D eigenvalue weighted by molar-refractivity contribution is 0.393. The molecule has 0 N–H and O–H groups in total. The summed E-state index contributed by atoms with van der Waals surface area (Å²) in [6, 6.07) is 24.3. The topological polar surface area (TPSA) is 57.4 Å². The number of ether oxygens (including phenoxy) is 2. The molecule has 4 aromatic rings. The molecule has 4 rings (SSSR count). The van der Waals surface area contributed by atoms with Crippen molar-refractivity contribution < 1.29 is 13.9 Å². The number of rotatable bonds is 7. The van der Waals surface area contributed by atoms with Gasteiger partial charge in [-0.2, -0.15) is 0 Å². The highest BCUT2D eigenvalue weighted by Crippen LogP contribution is 2.34. The van der Waals surface area contributed by atoms with E-state index in [0.717, 1.165) is 11.3 Å². The minimum Gasteiger partial charge on any atom is -0.497 e. The third-order valence-corrected chi connectivity index (χ3v) is 5.36. The predicted molar refractivity (Wildman–Crippen MR) is 114 cm³/mol. The average Bonchev–Trinajstić information content (AvgIpc) is 3.27. The molecule has 0 aliphatic rings. The number of thioether (sulfide) groups is 1. The summed E-state index contributed by atoms with van der Waals surface area (Å²) >= 11 is 1.51. The molecule has 3 aromatic carbocycles. The molecule has 0 fully saturated rings. The Kier molecular flexibility index (Phi) is 5.81. The lowest BCUT2D eigenvalue weighted by Crippen LogP contribution is -1.90. The van der Waals surface area contributed by atoms with Crippen LogP contribution in [0.3, 0.4) is 0 Å². The molecule has 6 heteroatoms. The van der Waals surface area contributed by atoms with Gasteiger partial charge in [0.15, 0.2) is 0 Å². The van der Waals surface area contributed by atoms with Crippen molar-refractivity contribution in [1.82, 2.24) is 10.2 Å². The van der Waals surface area contributed by atoms with Crippen LogP contribution in [0.2, 0.25) is 0 Å². The van der Waals surface area contributed by atoms with Crippen molar-refractivity contribution in [3.63, 3.8) is 0 Å². The quantitative estimate of drug-likeness (QED) is 0.368. The van der Waals surface area contributed by atoms with Crippen LogP contribution in [0, 0.1) is 0 Å². The van der Waals surface area contributed by atoms with E-state index in [-0.39, 0.29) is 0 Å². The maximum atomic E-state index is 5.82. The van der Waals surface area contributed by atoms with E-state index in [1.165, 1.54) is 28.5 Å². The summed E-state index contributed by atoms with van der Waals surface area (Å²) in [5.41, 5.74) is 4.34. The van der Waals surface area contributed by atoms with Gasteiger partial charge in [0.2, 0.25) is 0 Å². The molecule has 0 atom stereocenters. The van der Waals surface area contributed by atoms with E-state index >= 15 is 0 Å². The monoisotopic (exact) mass is 404 g/mol. The van der Waals surface area contributed by atoms with Crippen molar-refractivity contribution in [2.75, 3.05) is 14.2 Å². The van der Waals surface area contributed by atoms with Crippen LogP contribution in [0.5, 0.6) is 11.5 Å². The fourth-order valence-corrected chi connectivity index (χ4v) is 3.64. The summed E-state index contributed by atoms with van der Waals surface area (Å²) in [4.78, 5) is 0. The summed E-state index contributed by atoms with van der Waals surface area (Å²) in [6.07, 6.45) is 0. The molecule has 1 aromatic heterocycles. The molecular formula is C23H20N2O3S. The molecule has 29 heavy (non-hydrogen) atoms. The number of benzene rings is 3. The Labute approximate surface area is 173 Å². The Bertz CT molecular complexity index is 1080. The summed E-state index contributed by atoms with van der Waals surface area (Å²) in [7, 11) is 3.21. The highest BCUT2D eigenvalue weighted by Gasteiger charge is 2.15.